The average molecular weight is 371 g/mol. The second-order valence-electron chi connectivity index (χ2n) is 5.40. The fraction of sp³-hybridized carbons (Fsp3) is 0.364. The summed E-state index contributed by atoms with van der Waals surface area (Å²) in [5.74, 6) is 0.836. The fourth-order valence-corrected chi connectivity index (χ4v) is 2.48. The maximum absolute atomic E-state index is 12.7. The van der Waals surface area contributed by atoms with Crippen LogP contribution in [0.3, 0.4) is 0 Å². The summed E-state index contributed by atoms with van der Waals surface area (Å²) in [5, 5.41) is 0. The molecule has 5 nitrogen and oxygen atoms in total. The highest BCUT2D eigenvalue weighted by molar-refractivity contribution is 6.21. The first-order chi connectivity index (χ1) is 13.2. The third-order valence-corrected chi connectivity index (χ3v) is 3.76. The lowest BCUT2D eigenvalue weighted by Gasteiger charge is -2.14. The molecule has 2 rings (SSSR count). The molecule has 0 spiro atoms. The molecule has 27 heavy (non-hydrogen) atoms. The van der Waals surface area contributed by atoms with Crippen LogP contribution in [0.2, 0.25) is 0 Å². The SMILES string of the molecule is C=CCCC1=C/CC(=O)/C(c2nccc(OC)c2OC)=C\OC/C=C\1.CC. The number of methoxy groups -OCH3 is 2. The van der Waals surface area contributed by atoms with Gasteiger partial charge in [-0.15, -0.1) is 6.58 Å². The van der Waals surface area contributed by atoms with Gasteiger partial charge in [-0.1, -0.05) is 37.6 Å². The van der Waals surface area contributed by atoms with Gasteiger partial charge in [0.25, 0.3) is 0 Å². The van der Waals surface area contributed by atoms with E-state index < -0.39 is 0 Å². The van der Waals surface area contributed by atoms with Crippen molar-refractivity contribution in [3.8, 4) is 11.5 Å². The largest absolute Gasteiger partial charge is 0.496 e. The first-order valence-electron chi connectivity index (χ1n) is 9.10. The molecule has 1 aromatic heterocycles. The Morgan fingerprint density at radius 3 is 2.74 bits per heavy atom. The summed E-state index contributed by atoms with van der Waals surface area (Å²) >= 11 is 0. The number of ketones is 1. The van der Waals surface area contributed by atoms with E-state index in [2.05, 4.69) is 11.6 Å². The van der Waals surface area contributed by atoms with Crippen LogP contribution in [-0.2, 0) is 9.53 Å². The molecule has 0 N–H and O–H groups in total. The Labute approximate surface area is 162 Å². The number of allylic oxidation sites excluding steroid dienone is 5. The Kier molecular flexibility index (Phi) is 10.3. The third-order valence-electron chi connectivity index (χ3n) is 3.76. The van der Waals surface area contributed by atoms with Crippen molar-refractivity contribution < 1.29 is 19.0 Å². The van der Waals surface area contributed by atoms with Gasteiger partial charge in [-0.25, -0.2) is 0 Å². The molecule has 0 aromatic carbocycles. The molecule has 5 heteroatoms. The highest BCUT2D eigenvalue weighted by atomic mass is 16.5. The zero-order valence-electron chi connectivity index (χ0n) is 16.7. The lowest BCUT2D eigenvalue weighted by Crippen LogP contribution is -2.07. The van der Waals surface area contributed by atoms with Crippen molar-refractivity contribution >= 4 is 11.4 Å². The number of hydrogen-bond donors (Lipinski definition) is 0. The van der Waals surface area contributed by atoms with Gasteiger partial charge in [-0.3, -0.25) is 9.78 Å². The normalized spacial score (nSPS) is 19.0. The van der Waals surface area contributed by atoms with Crippen LogP contribution in [0.1, 0.15) is 38.8 Å². The smallest absolute Gasteiger partial charge is 0.187 e. The van der Waals surface area contributed by atoms with Crippen LogP contribution < -0.4 is 9.47 Å². The Morgan fingerprint density at radius 1 is 1.30 bits per heavy atom. The molecular formula is C22H29NO4. The van der Waals surface area contributed by atoms with Crippen molar-refractivity contribution in [3.63, 3.8) is 0 Å². The monoisotopic (exact) mass is 371 g/mol. The van der Waals surface area contributed by atoms with Gasteiger partial charge in [0.15, 0.2) is 17.3 Å². The topological polar surface area (TPSA) is 57.7 Å². The van der Waals surface area contributed by atoms with Crippen molar-refractivity contribution in [3.05, 3.63) is 60.7 Å². The number of pyridine rings is 1. The third kappa shape index (κ3) is 6.44. The van der Waals surface area contributed by atoms with E-state index in [9.17, 15) is 4.79 Å². The molecule has 0 fully saturated rings. The van der Waals surface area contributed by atoms with Gasteiger partial charge in [0.1, 0.15) is 12.3 Å². The highest BCUT2D eigenvalue weighted by Crippen LogP contribution is 2.34. The average Bonchev–Trinajstić information content (AvgIpc) is 2.72. The Hall–Kier alpha value is -2.82. The van der Waals surface area contributed by atoms with E-state index in [0.29, 0.717) is 29.4 Å². The van der Waals surface area contributed by atoms with Crippen LogP contribution in [0, 0.1) is 0 Å². The van der Waals surface area contributed by atoms with E-state index in [0.717, 1.165) is 18.4 Å². The second kappa shape index (κ2) is 12.5. The fourth-order valence-electron chi connectivity index (χ4n) is 2.48. The van der Waals surface area contributed by atoms with E-state index in [-0.39, 0.29) is 12.2 Å². The van der Waals surface area contributed by atoms with Gasteiger partial charge in [-0.2, -0.15) is 0 Å². The Bertz CT molecular complexity index is 717. The molecule has 0 saturated heterocycles. The Morgan fingerprint density at radius 2 is 2.07 bits per heavy atom. The van der Waals surface area contributed by atoms with Crippen LogP contribution in [0.5, 0.6) is 11.5 Å². The first kappa shape index (κ1) is 22.2. The number of Topliss-reactive ketones (excluding diaryl/α,β-unsaturated/α-hetero) is 1. The summed E-state index contributed by atoms with van der Waals surface area (Å²) in [5.41, 5.74) is 1.87. The van der Waals surface area contributed by atoms with Gasteiger partial charge in [0.05, 0.1) is 26.1 Å². The minimum atomic E-state index is -0.0922. The molecule has 0 aliphatic carbocycles. The molecule has 0 atom stereocenters. The predicted octanol–water partition coefficient (Wildman–Crippen LogP) is 4.90. The van der Waals surface area contributed by atoms with E-state index in [1.165, 1.54) is 13.4 Å². The summed E-state index contributed by atoms with van der Waals surface area (Å²) < 4.78 is 16.2. The number of rotatable bonds is 6. The van der Waals surface area contributed by atoms with Crippen molar-refractivity contribution in [2.75, 3.05) is 20.8 Å². The van der Waals surface area contributed by atoms with Crippen LogP contribution >= 0.6 is 0 Å². The zero-order chi connectivity index (χ0) is 20.1. The minimum absolute atomic E-state index is 0.0922. The zero-order valence-corrected chi connectivity index (χ0v) is 16.7. The molecule has 1 aliphatic rings. The second-order valence-corrected chi connectivity index (χ2v) is 5.40. The number of ether oxygens (including phenoxy) is 3. The number of carbonyl (C=O) groups is 1. The standard InChI is InChI=1S/C20H23NO4.C2H6/c1-4-5-7-15-8-6-13-25-14-16(17(22)10-9-15)19-20(24-3)18(23-2)11-12-21-19;1-2/h4,6,8-9,11-12,14H,1,5,7,10,13H2,2-3H3;1-2H3/b8-6-,15-9-,16-14+;. The molecule has 0 radical (unpaired) electrons. The Balaban J connectivity index is 0.00000176. The molecule has 0 amide bonds. The summed E-state index contributed by atoms with van der Waals surface area (Å²) in [6.45, 7) is 8.11. The van der Waals surface area contributed by atoms with Crippen molar-refractivity contribution in [1.29, 1.82) is 0 Å². The van der Waals surface area contributed by atoms with Gasteiger partial charge in [0, 0.05) is 18.7 Å². The summed E-state index contributed by atoms with van der Waals surface area (Å²) in [6, 6.07) is 1.68. The van der Waals surface area contributed by atoms with Crippen molar-refractivity contribution in [1.82, 2.24) is 4.98 Å². The lowest BCUT2D eigenvalue weighted by molar-refractivity contribution is -0.113. The minimum Gasteiger partial charge on any atom is -0.496 e. The lowest BCUT2D eigenvalue weighted by atomic mass is 10.0. The van der Waals surface area contributed by atoms with E-state index >= 15 is 0 Å². The number of hydrogen-bond acceptors (Lipinski definition) is 5. The van der Waals surface area contributed by atoms with E-state index in [1.807, 2.05) is 38.2 Å². The molecular weight excluding hydrogens is 342 g/mol. The summed E-state index contributed by atoms with van der Waals surface area (Å²) in [7, 11) is 3.06. The molecule has 0 saturated carbocycles. The van der Waals surface area contributed by atoms with E-state index in [4.69, 9.17) is 14.2 Å². The van der Waals surface area contributed by atoms with Crippen LogP contribution in [0.15, 0.2) is 55.0 Å². The maximum Gasteiger partial charge on any atom is 0.187 e. The number of carbonyl (C=O) groups excluding carboxylic acids is 1. The van der Waals surface area contributed by atoms with E-state index in [1.54, 1.807) is 19.4 Å². The number of nitrogens with zero attached hydrogens (tertiary/aromatic N) is 1. The molecule has 0 unspecified atom stereocenters. The molecule has 146 valence electrons. The van der Waals surface area contributed by atoms with Crippen LogP contribution in [0.4, 0.5) is 0 Å². The molecule has 1 aliphatic heterocycles. The van der Waals surface area contributed by atoms with Crippen molar-refractivity contribution in [2.45, 2.75) is 33.1 Å². The molecule has 1 aromatic rings. The first-order valence-corrected chi connectivity index (χ1v) is 9.10. The van der Waals surface area contributed by atoms with Gasteiger partial charge in [-0.05, 0) is 18.9 Å². The quantitative estimate of drug-likeness (QED) is 0.666. The van der Waals surface area contributed by atoms with Gasteiger partial charge < -0.3 is 14.2 Å². The predicted molar refractivity (Wildman–Crippen MR) is 109 cm³/mol. The summed E-state index contributed by atoms with van der Waals surface area (Å²) in [6.07, 6.45) is 12.7. The maximum atomic E-state index is 12.7. The highest BCUT2D eigenvalue weighted by Gasteiger charge is 2.21. The summed E-state index contributed by atoms with van der Waals surface area (Å²) in [4.78, 5) is 17.0. The van der Waals surface area contributed by atoms with Gasteiger partial charge in [0.2, 0.25) is 0 Å². The van der Waals surface area contributed by atoms with Crippen LogP contribution in [0.25, 0.3) is 5.57 Å². The number of aromatic nitrogens is 1. The molecule has 0 bridgehead atoms. The van der Waals surface area contributed by atoms with Crippen LogP contribution in [-0.4, -0.2) is 31.6 Å². The van der Waals surface area contributed by atoms with Crippen molar-refractivity contribution in [2.24, 2.45) is 0 Å². The molecule has 2 heterocycles. The van der Waals surface area contributed by atoms with Gasteiger partial charge >= 0.3 is 0 Å².